The van der Waals surface area contributed by atoms with Gasteiger partial charge in [-0.3, -0.25) is 0 Å². The number of rotatable bonds is 1. The summed E-state index contributed by atoms with van der Waals surface area (Å²) < 4.78 is 0. The number of hydrogen-bond donors (Lipinski definition) is 1. The van der Waals surface area contributed by atoms with Gasteiger partial charge in [0, 0.05) is 17.0 Å². The Kier molecular flexibility index (Phi) is 2.21. The van der Waals surface area contributed by atoms with Gasteiger partial charge in [-0.1, -0.05) is 35.9 Å². The molecule has 2 aromatic carbocycles. The van der Waals surface area contributed by atoms with E-state index in [1.807, 2.05) is 36.4 Å². The summed E-state index contributed by atoms with van der Waals surface area (Å²) in [5.41, 5.74) is 6.66. The predicted octanol–water partition coefficient (Wildman–Crippen LogP) is 2.95. The van der Waals surface area contributed by atoms with Crippen LogP contribution < -0.4 is 5.73 Å². The van der Waals surface area contributed by atoms with Crippen molar-refractivity contribution in [2.75, 3.05) is 0 Å². The summed E-state index contributed by atoms with van der Waals surface area (Å²) in [5, 5.41) is 3.02. The fraction of sp³-hybridized carbons (Fsp3) is 0.0909. The minimum absolute atomic E-state index is 0.557. The van der Waals surface area contributed by atoms with Gasteiger partial charge < -0.3 is 5.73 Å². The second-order valence-corrected chi connectivity index (χ2v) is 3.41. The Morgan fingerprint density at radius 1 is 1.15 bits per heavy atom. The number of benzene rings is 2. The Balaban J connectivity index is 2.74. The van der Waals surface area contributed by atoms with Gasteiger partial charge in [0.25, 0.3) is 0 Å². The van der Waals surface area contributed by atoms with Crippen LogP contribution in [-0.4, -0.2) is 0 Å². The first-order valence-corrected chi connectivity index (χ1v) is 4.56. The molecule has 0 saturated heterocycles. The van der Waals surface area contributed by atoms with E-state index in [9.17, 15) is 0 Å². The molecule has 2 heteroatoms. The minimum Gasteiger partial charge on any atom is -0.326 e. The molecule has 0 atom stereocenters. The summed E-state index contributed by atoms with van der Waals surface area (Å²) in [6, 6.07) is 12.0. The SMILES string of the molecule is NCc1ccc2cccc(Cl)c2c1. The largest absolute Gasteiger partial charge is 0.326 e. The van der Waals surface area contributed by atoms with Crippen LogP contribution in [0.4, 0.5) is 0 Å². The van der Waals surface area contributed by atoms with E-state index in [-0.39, 0.29) is 0 Å². The summed E-state index contributed by atoms with van der Waals surface area (Å²) >= 11 is 6.05. The van der Waals surface area contributed by atoms with Crippen LogP contribution in [-0.2, 0) is 6.54 Å². The van der Waals surface area contributed by atoms with Crippen molar-refractivity contribution in [3.63, 3.8) is 0 Å². The molecular formula is C11H10ClN. The molecule has 2 aromatic rings. The van der Waals surface area contributed by atoms with Crippen LogP contribution in [0.3, 0.4) is 0 Å². The van der Waals surface area contributed by atoms with Crippen LogP contribution in [0.25, 0.3) is 10.8 Å². The lowest BCUT2D eigenvalue weighted by Crippen LogP contribution is -1.95. The fourth-order valence-corrected chi connectivity index (χ4v) is 1.65. The van der Waals surface area contributed by atoms with Gasteiger partial charge in [-0.15, -0.1) is 0 Å². The summed E-state index contributed by atoms with van der Waals surface area (Å²) in [7, 11) is 0. The van der Waals surface area contributed by atoms with Crippen LogP contribution in [0, 0.1) is 0 Å². The van der Waals surface area contributed by atoms with Crippen molar-refractivity contribution in [3.05, 3.63) is 47.0 Å². The second kappa shape index (κ2) is 3.36. The third kappa shape index (κ3) is 1.53. The fourth-order valence-electron chi connectivity index (χ4n) is 1.41. The van der Waals surface area contributed by atoms with E-state index in [0.717, 1.165) is 21.4 Å². The Hall–Kier alpha value is -1.05. The van der Waals surface area contributed by atoms with Gasteiger partial charge in [0.1, 0.15) is 0 Å². The standard InChI is InChI=1S/C11H10ClN/c12-11-3-1-2-9-5-4-8(7-13)6-10(9)11/h1-6H,7,13H2. The van der Waals surface area contributed by atoms with Gasteiger partial charge >= 0.3 is 0 Å². The molecule has 0 aliphatic rings. The van der Waals surface area contributed by atoms with Gasteiger partial charge in [-0.05, 0) is 23.1 Å². The molecule has 0 bridgehead atoms. The van der Waals surface area contributed by atoms with E-state index in [1.165, 1.54) is 0 Å². The minimum atomic E-state index is 0.557. The quantitative estimate of drug-likeness (QED) is 0.737. The molecule has 0 aliphatic carbocycles. The summed E-state index contributed by atoms with van der Waals surface area (Å²) in [6.07, 6.45) is 0. The topological polar surface area (TPSA) is 26.0 Å². The van der Waals surface area contributed by atoms with E-state index in [2.05, 4.69) is 0 Å². The van der Waals surface area contributed by atoms with Crippen LogP contribution in [0.2, 0.25) is 5.02 Å². The van der Waals surface area contributed by atoms with Crippen molar-refractivity contribution in [1.82, 2.24) is 0 Å². The number of nitrogens with two attached hydrogens (primary N) is 1. The van der Waals surface area contributed by atoms with E-state index < -0.39 is 0 Å². The summed E-state index contributed by atoms with van der Waals surface area (Å²) in [5.74, 6) is 0. The van der Waals surface area contributed by atoms with Gasteiger partial charge in [0.15, 0.2) is 0 Å². The maximum atomic E-state index is 6.05. The number of halogens is 1. The van der Waals surface area contributed by atoms with Crippen LogP contribution in [0.15, 0.2) is 36.4 Å². The zero-order valence-corrected chi connectivity index (χ0v) is 7.88. The highest BCUT2D eigenvalue weighted by molar-refractivity contribution is 6.35. The molecule has 66 valence electrons. The van der Waals surface area contributed by atoms with Gasteiger partial charge in [-0.25, -0.2) is 0 Å². The van der Waals surface area contributed by atoms with E-state index in [4.69, 9.17) is 17.3 Å². The first kappa shape index (κ1) is 8.54. The zero-order chi connectivity index (χ0) is 9.26. The molecule has 0 amide bonds. The van der Waals surface area contributed by atoms with Crippen molar-refractivity contribution in [3.8, 4) is 0 Å². The van der Waals surface area contributed by atoms with Crippen molar-refractivity contribution in [1.29, 1.82) is 0 Å². The van der Waals surface area contributed by atoms with Crippen molar-refractivity contribution >= 4 is 22.4 Å². The molecule has 0 saturated carbocycles. The predicted molar refractivity (Wildman–Crippen MR) is 56.8 cm³/mol. The number of hydrogen-bond acceptors (Lipinski definition) is 1. The highest BCUT2D eigenvalue weighted by Gasteiger charge is 1.98. The van der Waals surface area contributed by atoms with Crippen LogP contribution in [0.5, 0.6) is 0 Å². The first-order valence-electron chi connectivity index (χ1n) is 4.18. The van der Waals surface area contributed by atoms with E-state index in [0.29, 0.717) is 6.54 Å². The van der Waals surface area contributed by atoms with Crippen LogP contribution >= 0.6 is 11.6 Å². The highest BCUT2D eigenvalue weighted by atomic mass is 35.5. The average molecular weight is 192 g/mol. The molecule has 1 nitrogen and oxygen atoms in total. The normalized spacial score (nSPS) is 10.6. The lowest BCUT2D eigenvalue weighted by atomic mass is 10.1. The van der Waals surface area contributed by atoms with Crippen molar-refractivity contribution in [2.45, 2.75) is 6.54 Å². The Morgan fingerprint density at radius 3 is 2.77 bits per heavy atom. The third-order valence-electron chi connectivity index (χ3n) is 2.13. The summed E-state index contributed by atoms with van der Waals surface area (Å²) in [6.45, 7) is 0.557. The van der Waals surface area contributed by atoms with E-state index >= 15 is 0 Å². The molecule has 2 rings (SSSR count). The third-order valence-corrected chi connectivity index (χ3v) is 2.46. The first-order chi connectivity index (χ1) is 6.31. The smallest absolute Gasteiger partial charge is 0.0484 e. The van der Waals surface area contributed by atoms with Gasteiger partial charge in [0.2, 0.25) is 0 Å². The zero-order valence-electron chi connectivity index (χ0n) is 7.13. The molecule has 0 spiro atoms. The lowest BCUT2D eigenvalue weighted by molar-refractivity contribution is 1.08. The molecule has 0 aliphatic heterocycles. The monoisotopic (exact) mass is 191 g/mol. The van der Waals surface area contributed by atoms with E-state index in [1.54, 1.807) is 0 Å². The van der Waals surface area contributed by atoms with Gasteiger partial charge in [-0.2, -0.15) is 0 Å². The molecule has 0 aromatic heterocycles. The lowest BCUT2D eigenvalue weighted by Gasteiger charge is -2.02. The average Bonchev–Trinajstić information content (AvgIpc) is 2.18. The molecular weight excluding hydrogens is 182 g/mol. The Bertz CT molecular complexity index is 437. The highest BCUT2D eigenvalue weighted by Crippen LogP contribution is 2.23. The molecule has 0 fully saturated rings. The Labute approximate surface area is 82.1 Å². The van der Waals surface area contributed by atoms with Crippen LogP contribution in [0.1, 0.15) is 5.56 Å². The van der Waals surface area contributed by atoms with Crippen molar-refractivity contribution < 1.29 is 0 Å². The van der Waals surface area contributed by atoms with Crippen molar-refractivity contribution in [2.24, 2.45) is 5.73 Å². The molecule has 0 unspecified atom stereocenters. The second-order valence-electron chi connectivity index (χ2n) is 3.00. The maximum absolute atomic E-state index is 6.05. The Morgan fingerprint density at radius 2 is 2.00 bits per heavy atom. The molecule has 13 heavy (non-hydrogen) atoms. The molecule has 0 radical (unpaired) electrons. The molecule has 0 heterocycles. The molecule has 2 N–H and O–H groups in total. The van der Waals surface area contributed by atoms with Gasteiger partial charge in [0.05, 0.1) is 0 Å². The summed E-state index contributed by atoms with van der Waals surface area (Å²) in [4.78, 5) is 0. The number of fused-ring (bicyclic) bond motifs is 1. The maximum Gasteiger partial charge on any atom is 0.0484 e.